The van der Waals surface area contributed by atoms with E-state index in [0.717, 1.165) is 10.9 Å². The fourth-order valence-corrected chi connectivity index (χ4v) is 1.01. The van der Waals surface area contributed by atoms with Gasteiger partial charge in [0, 0.05) is 13.2 Å². The lowest BCUT2D eigenvalue weighted by molar-refractivity contribution is -0.184. The lowest BCUT2D eigenvalue weighted by Gasteiger charge is -2.10. The first-order valence-electron chi connectivity index (χ1n) is 3.71. The molecule has 1 heterocycles. The normalized spacial score (nSPS) is 13.9. The van der Waals surface area contributed by atoms with Gasteiger partial charge in [0.05, 0.1) is 0 Å². The van der Waals surface area contributed by atoms with E-state index in [-0.39, 0.29) is 0 Å². The third kappa shape index (κ3) is 2.25. The molecule has 0 aliphatic rings. The monoisotopic (exact) mass is 226 g/mol. The van der Waals surface area contributed by atoms with Crippen molar-refractivity contribution in [3.63, 3.8) is 0 Å². The number of rotatable bonds is 2. The van der Waals surface area contributed by atoms with Crippen LogP contribution in [0, 0.1) is 0 Å². The molecular weight excluding hydrogens is 220 g/mol. The number of aromatic carboxylic acids is 1. The summed E-state index contributed by atoms with van der Waals surface area (Å²) in [5, 5.41) is 11.6. The molecule has 84 valence electrons. The predicted molar refractivity (Wildman–Crippen MR) is 40.1 cm³/mol. The Morgan fingerprint density at radius 1 is 1.60 bits per heavy atom. The summed E-state index contributed by atoms with van der Waals surface area (Å²) >= 11 is 0. The molecule has 0 radical (unpaired) electrons. The molecule has 15 heavy (non-hydrogen) atoms. The van der Waals surface area contributed by atoms with E-state index < -0.39 is 29.6 Å². The SMILES string of the molecule is Cn1cc(C(=O)O)c(C(F)C(F)(F)F)n1. The maximum Gasteiger partial charge on any atom is 0.425 e. The number of nitrogens with zero attached hydrogens (tertiary/aromatic N) is 2. The van der Waals surface area contributed by atoms with Gasteiger partial charge in [-0.2, -0.15) is 18.3 Å². The molecule has 0 aromatic carbocycles. The van der Waals surface area contributed by atoms with Gasteiger partial charge in [-0.25, -0.2) is 9.18 Å². The van der Waals surface area contributed by atoms with E-state index >= 15 is 0 Å². The van der Waals surface area contributed by atoms with Crippen LogP contribution in [0.15, 0.2) is 6.20 Å². The van der Waals surface area contributed by atoms with E-state index in [1.807, 2.05) is 0 Å². The first-order valence-corrected chi connectivity index (χ1v) is 3.71. The molecule has 1 N–H and O–H groups in total. The number of halogens is 4. The lowest BCUT2D eigenvalue weighted by atomic mass is 10.2. The van der Waals surface area contributed by atoms with Gasteiger partial charge < -0.3 is 5.11 Å². The molecule has 1 aromatic rings. The van der Waals surface area contributed by atoms with Crippen LogP contribution in [0.3, 0.4) is 0 Å². The molecule has 0 fully saturated rings. The van der Waals surface area contributed by atoms with Crippen molar-refractivity contribution >= 4 is 5.97 Å². The summed E-state index contributed by atoms with van der Waals surface area (Å²) in [6, 6.07) is 0. The highest BCUT2D eigenvalue weighted by Gasteiger charge is 2.45. The Kier molecular flexibility index (Phi) is 2.69. The molecule has 1 unspecified atom stereocenters. The summed E-state index contributed by atoms with van der Waals surface area (Å²) in [7, 11) is 1.21. The Bertz CT molecular complexity index is 385. The Hall–Kier alpha value is -1.60. The molecule has 0 bridgehead atoms. The summed E-state index contributed by atoms with van der Waals surface area (Å²) < 4.78 is 49.5. The molecule has 0 aliphatic carbocycles. The quantitative estimate of drug-likeness (QED) is 0.780. The zero-order chi connectivity index (χ0) is 11.8. The van der Waals surface area contributed by atoms with Gasteiger partial charge in [0.1, 0.15) is 11.3 Å². The standard InChI is InChI=1S/C7H6F4N2O2/c1-13-2-3(6(14)15)4(12-13)5(8)7(9,10)11/h2,5H,1H3,(H,14,15). The first-order chi connectivity index (χ1) is 6.73. The van der Waals surface area contributed by atoms with Crippen LogP contribution in [0.2, 0.25) is 0 Å². The zero-order valence-corrected chi connectivity index (χ0v) is 7.42. The predicted octanol–water partition coefficient (Wildman–Crippen LogP) is 1.69. The van der Waals surface area contributed by atoms with Crippen molar-refractivity contribution in [2.45, 2.75) is 12.3 Å². The van der Waals surface area contributed by atoms with Crippen LogP contribution in [-0.4, -0.2) is 27.0 Å². The van der Waals surface area contributed by atoms with Crippen LogP contribution >= 0.6 is 0 Å². The number of alkyl halides is 4. The van der Waals surface area contributed by atoms with Crippen molar-refractivity contribution in [2.24, 2.45) is 7.05 Å². The second kappa shape index (κ2) is 3.52. The molecule has 0 aliphatic heterocycles. The fraction of sp³-hybridized carbons (Fsp3) is 0.429. The third-order valence-corrected chi connectivity index (χ3v) is 1.62. The Morgan fingerprint density at radius 2 is 2.13 bits per heavy atom. The highest BCUT2D eigenvalue weighted by atomic mass is 19.4. The van der Waals surface area contributed by atoms with Crippen LogP contribution < -0.4 is 0 Å². The molecule has 0 amide bonds. The maximum absolute atomic E-state index is 12.8. The topological polar surface area (TPSA) is 55.1 Å². The van der Waals surface area contributed by atoms with E-state index in [9.17, 15) is 22.4 Å². The molecule has 0 saturated heterocycles. The van der Waals surface area contributed by atoms with Crippen LogP contribution in [0.25, 0.3) is 0 Å². The third-order valence-electron chi connectivity index (χ3n) is 1.62. The van der Waals surface area contributed by atoms with E-state index in [4.69, 9.17) is 5.11 Å². The van der Waals surface area contributed by atoms with Gasteiger partial charge in [0.15, 0.2) is 0 Å². The number of aryl methyl sites for hydroxylation is 1. The van der Waals surface area contributed by atoms with Gasteiger partial charge in [0.25, 0.3) is 0 Å². The Morgan fingerprint density at radius 3 is 2.53 bits per heavy atom. The van der Waals surface area contributed by atoms with Crippen molar-refractivity contribution in [1.82, 2.24) is 9.78 Å². The van der Waals surface area contributed by atoms with Crippen LogP contribution in [0.5, 0.6) is 0 Å². The number of carboxylic acids is 1. The van der Waals surface area contributed by atoms with Gasteiger partial charge in [-0.05, 0) is 0 Å². The molecular formula is C7H6F4N2O2. The molecule has 0 spiro atoms. The highest BCUT2D eigenvalue weighted by molar-refractivity contribution is 5.88. The summed E-state index contributed by atoms with van der Waals surface area (Å²) in [6.07, 6.45) is -7.72. The van der Waals surface area contributed by atoms with Gasteiger partial charge in [0.2, 0.25) is 6.17 Å². The largest absolute Gasteiger partial charge is 0.478 e. The minimum Gasteiger partial charge on any atom is -0.478 e. The lowest BCUT2D eigenvalue weighted by Crippen LogP contribution is -2.19. The smallest absolute Gasteiger partial charge is 0.425 e. The average Bonchev–Trinajstić information content (AvgIpc) is 2.44. The van der Waals surface area contributed by atoms with Crippen molar-refractivity contribution in [3.8, 4) is 0 Å². The second-order valence-corrected chi connectivity index (χ2v) is 2.81. The molecule has 8 heteroatoms. The summed E-state index contributed by atoms with van der Waals surface area (Å²) in [5.41, 5.74) is -1.92. The van der Waals surface area contributed by atoms with Gasteiger partial charge >= 0.3 is 12.1 Å². The van der Waals surface area contributed by atoms with Crippen LogP contribution in [0.4, 0.5) is 17.6 Å². The molecule has 4 nitrogen and oxygen atoms in total. The van der Waals surface area contributed by atoms with Gasteiger partial charge in [-0.1, -0.05) is 0 Å². The van der Waals surface area contributed by atoms with Crippen molar-refractivity contribution in [2.75, 3.05) is 0 Å². The summed E-state index contributed by atoms with van der Waals surface area (Å²) in [4.78, 5) is 10.5. The van der Waals surface area contributed by atoms with E-state index in [1.54, 1.807) is 0 Å². The van der Waals surface area contributed by atoms with Gasteiger partial charge in [-0.15, -0.1) is 0 Å². The number of aromatic nitrogens is 2. The van der Waals surface area contributed by atoms with Crippen molar-refractivity contribution < 1.29 is 27.5 Å². The van der Waals surface area contributed by atoms with Gasteiger partial charge in [-0.3, -0.25) is 4.68 Å². The minimum absolute atomic E-state index is 0.790. The fourth-order valence-electron chi connectivity index (χ4n) is 1.01. The van der Waals surface area contributed by atoms with Crippen molar-refractivity contribution in [1.29, 1.82) is 0 Å². The summed E-state index contributed by atoms with van der Waals surface area (Å²) in [5.74, 6) is -1.65. The van der Waals surface area contributed by atoms with E-state index in [1.165, 1.54) is 7.05 Å². The number of hydrogen-bond donors (Lipinski definition) is 1. The Balaban J connectivity index is 3.19. The van der Waals surface area contributed by atoms with Crippen LogP contribution in [0.1, 0.15) is 22.2 Å². The molecule has 1 rings (SSSR count). The molecule has 1 atom stereocenters. The second-order valence-electron chi connectivity index (χ2n) is 2.81. The summed E-state index contributed by atoms with van der Waals surface area (Å²) in [6.45, 7) is 0. The van der Waals surface area contributed by atoms with E-state index in [0.29, 0.717) is 0 Å². The molecule has 1 aromatic heterocycles. The highest BCUT2D eigenvalue weighted by Crippen LogP contribution is 2.36. The van der Waals surface area contributed by atoms with Crippen LogP contribution in [-0.2, 0) is 7.05 Å². The Labute approximate surface area is 81.1 Å². The maximum atomic E-state index is 12.8. The first kappa shape index (κ1) is 11.5. The molecule has 0 saturated carbocycles. The minimum atomic E-state index is -5.15. The van der Waals surface area contributed by atoms with Crippen molar-refractivity contribution in [3.05, 3.63) is 17.5 Å². The number of carboxylic acid groups (broad SMARTS) is 1. The number of carbonyl (C=O) groups is 1. The van der Waals surface area contributed by atoms with E-state index in [2.05, 4.69) is 5.10 Å². The average molecular weight is 226 g/mol. The number of hydrogen-bond acceptors (Lipinski definition) is 2. The zero-order valence-electron chi connectivity index (χ0n) is 7.42.